The lowest BCUT2D eigenvalue weighted by Gasteiger charge is -2.39. The van der Waals surface area contributed by atoms with Crippen molar-refractivity contribution in [2.75, 3.05) is 18.9 Å². The van der Waals surface area contributed by atoms with Gasteiger partial charge in [-0.15, -0.1) is 0 Å². The molecular weight excluding hydrogens is 432 g/mol. The van der Waals surface area contributed by atoms with Crippen LogP contribution in [0.25, 0.3) is 11.3 Å². The van der Waals surface area contributed by atoms with E-state index >= 15 is 0 Å². The zero-order valence-corrected chi connectivity index (χ0v) is 19.1. The average molecular weight is 458 g/mol. The summed E-state index contributed by atoms with van der Waals surface area (Å²) in [5.41, 5.74) is 2.73. The van der Waals surface area contributed by atoms with E-state index in [-0.39, 0.29) is 16.4 Å². The molecule has 0 aliphatic carbocycles. The molecule has 5 nitrogen and oxygen atoms in total. The lowest BCUT2D eigenvalue weighted by molar-refractivity contribution is 0.231. The van der Waals surface area contributed by atoms with Gasteiger partial charge in [-0.1, -0.05) is 18.2 Å². The fourth-order valence-electron chi connectivity index (χ4n) is 3.75. The highest BCUT2D eigenvalue weighted by molar-refractivity contribution is 6.30. The molecule has 2 aromatic carbocycles. The van der Waals surface area contributed by atoms with Crippen LogP contribution in [-0.2, 0) is 13.1 Å². The van der Waals surface area contributed by atoms with Gasteiger partial charge in [-0.3, -0.25) is 0 Å². The SMILES string of the molecule is C=C(N1CCn2c(nc(-c3ccc(F)cc3)c2Nc2ccc(Cl)c(F)c2)C1)C(C)(C)NC. The zero-order valence-electron chi connectivity index (χ0n) is 18.3. The number of hydrogen-bond acceptors (Lipinski definition) is 4. The predicted molar refractivity (Wildman–Crippen MR) is 125 cm³/mol. The van der Waals surface area contributed by atoms with Gasteiger partial charge in [-0.25, -0.2) is 13.8 Å². The molecule has 1 aliphatic heterocycles. The monoisotopic (exact) mass is 457 g/mol. The minimum absolute atomic E-state index is 0.0610. The van der Waals surface area contributed by atoms with Gasteiger partial charge in [-0.05, 0) is 63.4 Å². The number of aromatic nitrogens is 2. The Morgan fingerprint density at radius 3 is 2.50 bits per heavy atom. The van der Waals surface area contributed by atoms with Crippen molar-refractivity contribution < 1.29 is 8.78 Å². The first-order chi connectivity index (χ1) is 15.2. The predicted octanol–water partition coefficient (Wildman–Crippen LogP) is 5.55. The smallest absolute Gasteiger partial charge is 0.143 e. The number of nitrogens with one attached hydrogen (secondary N) is 2. The van der Waals surface area contributed by atoms with Gasteiger partial charge >= 0.3 is 0 Å². The van der Waals surface area contributed by atoms with Gasteiger partial charge in [0.15, 0.2) is 0 Å². The molecule has 0 amide bonds. The summed E-state index contributed by atoms with van der Waals surface area (Å²) in [4.78, 5) is 7.09. The topological polar surface area (TPSA) is 45.1 Å². The normalized spacial score (nSPS) is 13.8. The van der Waals surface area contributed by atoms with Crippen LogP contribution in [0, 0.1) is 11.6 Å². The van der Waals surface area contributed by atoms with Crippen LogP contribution in [-0.4, -0.2) is 33.6 Å². The van der Waals surface area contributed by atoms with E-state index < -0.39 is 5.82 Å². The number of hydrogen-bond donors (Lipinski definition) is 2. The van der Waals surface area contributed by atoms with Gasteiger partial charge in [0, 0.05) is 30.0 Å². The average Bonchev–Trinajstić information content (AvgIpc) is 3.13. The maximum Gasteiger partial charge on any atom is 0.143 e. The molecule has 0 saturated heterocycles. The quantitative estimate of drug-likeness (QED) is 0.509. The maximum absolute atomic E-state index is 14.0. The number of imidazole rings is 1. The summed E-state index contributed by atoms with van der Waals surface area (Å²) in [5.74, 6) is 0.756. The largest absolute Gasteiger partial charge is 0.365 e. The number of fused-ring (bicyclic) bond motifs is 1. The first-order valence-electron chi connectivity index (χ1n) is 10.4. The third kappa shape index (κ3) is 4.23. The van der Waals surface area contributed by atoms with Crippen molar-refractivity contribution in [2.24, 2.45) is 0 Å². The summed E-state index contributed by atoms with van der Waals surface area (Å²) in [6.07, 6.45) is 0. The van der Waals surface area contributed by atoms with Crippen LogP contribution in [0.15, 0.2) is 54.7 Å². The molecule has 0 spiro atoms. The molecule has 4 rings (SSSR count). The van der Waals surface area contributed by atoms with Crippen LogP contribution in [0.2, 0.25) is 5.02 Å². The molecule has 0 unspecified atom stereocenters. The van der Waals surface area contributed by atoms with Crippen molar-refractivity contribution in [3.05, 3.63) is 77.2 Å². The highest BCUT2D eigenvalue weighted by atomic mass is 35.5. The van der Waals surface area contributed by atoms with Crippen LogP contribution < -0.4 is 10.6 Å². The Labute approximate surface area is 191 Å². The van der Waals surface area contributed by atoms with E-state index in [0.29, 0.717) is 24.5 Å². The molecule has 0 saturated carbocycles. The second-order valence-electron chi connectivity index (χ2n) is 8.38. The molecule has 0 radical (unpaired) electrons. The Balaban J connectivity index is 1.74. The van der Waals surface area contributed by atoms with Gasteiger partial charge in [-0.2, -0.15) is 0 Å². The number of benzene rings is 2. The second kappa shape index (κ2) is 8.56. The van der Waals surface area contributed by atoms with Crippen molar-refractivity contribution >= 4 is 23.1 Å². The van der Waals surface area contributed by atoms with Gasteiger partial charge in [0.1, 0.15) is 29.0 Å². The molecule has 168 valence electrons. The molecule has 8 heteroatoms. The van der Waals surface area contributed by atoms with Crippen LogP contribution in [0.3, 0.4) is 0 Å². The first kappa shape index (κ1) is 22.3. The molecule has 0 atom stereocenters. The summed E-state index contributed by atoms with van der Waals surface area (Å²) in [5, 5.41) is 6.65. The highest BCUT2D eigenvalue weighted by Gasteiger charge is 2.30. The summed E-state index contributed by atoms with van der Waals surface area (Å²) in [6.45, 7) is 10.5. The fraction of sp³-hybridized carbons (Fsp3) is 0.292. The maximum atomic E-state index is 14.0. The number of nitrogens with zero attached hydrogens (tertiary/aromatic N) is 3. The molecule has 32 heavy (non-hydrogen) atoms. The third-order valence-corrected chi connectivity index (χ3v) is 6.31. The number of likely N-dealkylation sites (N-methyl/N-ethyl adjacent to an activating group) is 1. The molecule has 0 bridgehead atoms. The Morgan fingerprint density at radius 1 is 1.12 bits per heavy atom. The fourth-order valence-corrected chi connectivity index (χ4v) is 3.87. The van der Waals surface area contributed by atoms with Gasteiger partial charge in [0.25, 0.3) is 0 Å². The van der Waals surface area contributed by atoms with Crippen LogP contribution in [0.4, 0.5) is 20.3 Å². The highest BCUT2D eigenvalue weighted by Crippen LogP contribution is 2.35. The summed E-state index contributed by atoms with van der Waals surface area (Å²) < 4.78 is 29.7. The number of rotatable bonds is 6. The van der Waals surface area contributed by atoms with Crippen LogP contribution in [0.5, 0.6) is 0 Å². The summed E-state index contributed by atoms with van der Waals surface area (Å²) in [6, 6.07) is 10.8. The van der Waals surface area contributed by atoms with Crippen molar-refractivity contribution in [1.29, 1.82) is 0 Å². The Bertz CT molecular complexity index is 1150. The summed E-state index contributed by atoms with van der Waals surface area (Å²) >= 11 is 5.84. The van der Waals surface area contributed by atoms with Gasteiger partial charge in [0.05, 0.1) is 17.1 Å². The van der Waals surface area contributed by atoms with E-state index in [2.05, 4.69) is 40.5 Å². The van der Waals surface area contributed by atoms with E-state index in [1.54, 1.807) is 18.2 Å². The molecular formula is C24H26ClF2N5. The van der Waals surface area contributed by atoms with E-state index in [4.69, 9.17) is 16.6 Å². The van der Waals surface area contributed by atoms with Crippen molar-refractivity contribution in [3.8, 4) is 11.3 Å². The van der Waals surface area contributed by atoms with Crippen molar-refractivity contribution in [2.45, 2.75) is 32.5 Å². The summed E-state index contributed by atoms with van der Waals surface area (Å²) in [7, 11) is 1.91. The van der Waals surface area contributed by atoms with Gasteiger partial charge in [0.2, 0.25) is 0 Å². The minimum atomic E-state index is -0.504. The number of anilines is 2. The Morgan fingerprint density at radius 2 is 1.84 bits per heavy atom. The second-order valence-corrected chi connectivity index (χ2v) is 8.79. The zero-order chi connectivity index (χ0) is 23.0. The number of halogens is 3. The molecule has 1 aromatic heterocycles. The van der Waals surface area contributed by atoms with E-state index in [1.807, 2.05) is 7.05 Å². The first-order valence-corrected chi connectivity index (χ1v) is 10.8. The minimum Gasteiger partial charge on any atom is -0.365 e. The molecule has 3 aromatic rings. The van der Waals surface area contributed by atoms with E-state index in [9.17, 15) is 8.78 Å². The molecule has 2 N–H and O–H groups in total. The van der Waals surface area contributed by atoms with Crippen LogP contribution in [0.1, 0.15) is 19.7 Å². The van der Waals surface area contributed by atoms with Crippen LogP contribution >= 0.6 is 11.6 Å². The Kier molecular flexibility index (Phi) is 5.97. The molecule has 0 fully saturated rings. The third-order valence-electron chi connectivity index (χ3n) is 6.00. The van der Waals surface area contributed by atoms with Gasteiger partial charge < -0.3 is 20.1 Å². The van der Waals surface area contributed by atoms with E-state index in [1.165, 1.54) is 24.3 Å². The molecule has 2 heterocycles. The lowest BCUT2D eigenvalue weighted by atomic mass is 10.0. The Hall–Kier alpha value is -2.90. The van der Waals surface area contributed by atoms with E-state index in [0.717, 1.165) is 29.4 Å². The van der Waals surface area contributed by atoms with Crippen molar-refractivity contribution in [3.63, 3.8) is 0 Å². The standard InChI is InChI=1S/C24H26ClF2N5/c1-15(24(2,3)28-4)31-11-12-32-21(14-31)30-22(16-5-7-17(26)8-6-16)23(32)29-18-9-10-19(25)20(27)13-18/h5-10,13,28-29H,1,11-12,14H2,2-4H3. The lowest BCUT2D eigenvalue weighted by Crippen LogP contribution is -2.46. The molecule has 1 aliphatic rings. The van der Waals surface area contributed by atoms with Crippen molar-refractivity contribution in [1.82, 2.24) is 19.8 Å².